The second kappa shape index (κ2) is 8.67. The molecule has 1 amide bonds. The summed E-state index contributed by atoms with van der Waals surface area (Å²) in [5.41, 5.74) is 3.54. The zero-order valence-corrected chi connectivity index (χ0v) is 14.6. The minimum atomic E-state index is -0.961. The van der Waals surface area contributed by atoms with Gasteiger partial charge in [-0.05, 0) is 28.3 Å². The lowest BCUT2D eigenvalue weighted by Crippen LogP contribution is -2.23. The molecule has 0 saturated carbocycles. The third kappa shape index (κ3) is 4.95. The fourth-order valence-corrected chi connectivity index (χ4v) is 2.67. The Morgan fingerprint density at radius 1 is 0.815 bits per heavy atom. The summed E-state index contributed by atoms with van der Waals surface area (Å²) in [6.45, 7) is 0.548. The third-order valence-electron chi connectivity index (χ3n) is 4.07. The number of carboxylic acid groups (broad SMARTS) is 1. The summed E-state index contributed by atoms with van der Waals surface area (Å²) in [5.74, 6) is -0.961. The van der Waals surface area contributed by atoms with Crippen molar-refractivity contribution in [3.8, 4) is 11.1 Å². The van der Waals surface area contributed by atoms with Gasteiger partial charge < -0.3 is 15.2 Å². The Morgan fingerprint density at radius 2 is 1.48 bits per heavy atom. The van der Waals surface area contributed by atoms with Gasteiger partial charge in [-0.3, -0.25) is 0 Å². The van der Waals surface area contributed by atoms with Crippen molar-refractivity contribution in [2.45, 2.75) is 13.2 Å². The van der Waals surface area contributed by atoms with E-state index in [0.717, 1.165) is 16.7 Å². The lowest BCUT2D eigenvalue weighted by Gasteiger charge is -2.09. The highest BCUT2D eigenvalue weighted by Gasteiger charge is 2.10. The molecule has 5 nitrogen and oxygen atoms in total. The average Bonchev–Trinajstić information content (AvgIpc) is 2.72. The number of benzene rings is 3. The number of nitrogens with one attached hydrogen (secondary N) is 1. The van der Waals surface area contributed by atoms with Crippen LogP contribution in [0.3, 0.4) is 0 Å². The maximum Gasteiger partial charge on any atom is 0.407 e. The van der Waals surface area contributed by atoms with E-state index in [0.29, 0.717) is 12.1 Å². The van der Waals surface area contributed by atoms with Gasteiger partial charge in [-0.2, -0.15) is 0 Å². The van der Waals surface area contributed by atoms with Crippen molar-refractivity contribution in [2.75, 3.05) is 0 Å². The van der Waals surface area contributed by atoms with Crippen LogP contribution in [0, 0.1) is 0 Å². The number of hydrogen-bond acceptors (Lipinski definition) is 3. The zero-order valence-electron chi connectivity index (χ0n) is 14.6. The van der Waals surface area contributed by atoms with Crippen LogP contribution in [-0.2, 0) is 17.9 Å². The second-order valence-electron chi connectivity index (χ2n) is 5.96. The lowest BCUT2D eigenvalue weighted by molar-refractivity contribution is 0.0697. The number of amides is 1. The minimum Gasteiger partial charge on any atom is -0.478 e. The highest BCUT2D eigenvalue weighted by molar-refractivity contribution is 5.95. The molecule has 0 spiro atoms. The summed E-state index contributed by atoms with van der Waals surface area (Å²) in [6.07, 6.45) is -0.487. The summed E-state index contributed by atoms with van der Waals surface area (Å²) >= 11 is 0. The summed E-state index contributed by atoms with van der Waals surface area (Å²) < 4.78 is 5.17. The highest BCUT2D eigenvalue weighted by Crippen LogP contribution is 2.24. The standard InChI is InChI=1S/C22H19NO4/c24-21(25)20-9-5-4-8-19(20)18-12-10-16(11-13-18)14-23-22(26)27-15-17-6-2-1-3-7-17/h1-13H,14-15H2,(H,23,26)(H,24,25). The molecule has 0 aliphatic carbocycles. The average molecular weight is 361 g/mol. The van der Waals surface area contributed by atoms with Gasteiger partial charge in [0.1, 0.15) is 6.61 Å². The van der Waals surface area contributed by atoms with Crippen LogP contribution < -0.4 is 5.32 Å². The third-order valence-corrected chi connectivity index (χ3v) is 4.07. The van der Waals surface area contributed by atoms with Crippen LogP contribution in [0.15, 0.2) is 78.9 Å². The Bertz CT molecular complexity index is 921. The largest absolute Gasteiger partial charge is 0.478 e. The van der Waals surface area contributed by atoms with Gasteiger partial charge in [-0.1, -0.05) is 72.8 Å². The lowest BCUT2D eigenvalue weighted by atomic mass is 9.99. The van der Waals surface area contributed by atoms with E-state index >= 15 is 0 Å². The number of alkyl carbamates (subject to hydrolysis) is 1. The molecule has 0 fully saturated rings. The number of carboxylic acids is 1. The van der Waals surface area contributed by atoms with Gasteiger partial charge in [0.25, 0.3) is 0 Å². The van der Waals surface area contributed by atoms with Gasteiger partial charge in [-0.15, -0.1) is 0 Å². The Kier molecular flexibility index (Phi) is 5.84. The maximum atomic E-state index is 11.8. The molecule has 3 rings (SSSR count). The molecule has 27 heavy (non-hydrogen) atoms. The first-order valence-corrected chi connectivity index (χ1v) is 8.49. The molecule has 5 heteroatoms. The van der Waals surface area contributed by atoms with Crippen molar-refractivity contribution in [2.24, 2.45) is 0 Å². The predicted octanol–water partition coefficient (Wildman–Crippen LogP) is 4.48. The Balaban J connectivity index is 1.57. The molecule has 0 radical (unpaired) electrons. The Morgan fingerprint density at radius 3 is 2.19 bits per heavy atom. The monoisotopic (exact) mass is 361 g/mol. The van der Waals surface area contributed by atoms with E-state index in [1.54, 1.807) is 24.3 Å². The molecule has 0 aliphatic heterocycles. The van der Waals surface area contributed by atoms with E-state index in [4.69, 9.17) is 4.74 Å². The number of carbonyl (C=O) groups excluding carboxylic acids is 1. The molecule has 2 N–H and O–H groups in total. The molecule has 136 valence electrons. The van der Waals surface area contributed by atoms with Gasteiger partial charge >= 0.3 is 12.1 Å². The van der Waals surface area contributed by atoms with Crippen LogP contribution in [0.4, 0.5) is 4.79 Å². The SMILES string of the molecule is O=C(NCc1ccc(-c2ccccc2C(=O)O)cc1)OCc1ccccc1. The van der Waals surface area contributed by atoms with Gasteiger partial charge in [0.15, 0.2) is 0 Å². The summed E-state index contributed by atoms with van der Waals surface area (Å²) in [7, 11) is 0. The van der Waals surface area contributed by atoms with Crippen molar-refractivity contribution in [1.29, 1.82) is 0 Å². The fourth-order valence-electron chi connectivity index (χ4n) is 2.67. The van der Waals surface area contributed by atoms with Crippen molar-refractivity contribution in [3.05, 3.63) is 95.6 Å². The van der Waals surface area contributed by atoms with Crippen molar-refractivity contribution in [1.82, 2.24) is 5.32 Å². The summed E-state index contributed by atoms with van der Waals surface area (Å²) in [5, 5.41) is 12.0. The fraction of sp³-hybridized carbons (Fsp3) is 0.0909. The molecule has 3 aromatic rings. The molecular weight excluding hydrogens is 342 g/mol. The second-order valence-corrected chi connectivity index (χ2v) is 5.96. The van der Waals surface area contributed by atoms with E-state index in [9.17, 15) is 14.7 Å². The first-order chi connectivity index (χ1) is 13.1. The van der Waals surface area contributed by atoms with Crippen LogP contribution in [0.25, 0.3) is 11.1 Å². The van der Waals surface area contributed by atoms with Gasteiger partial charge in [0.05, 0.1) is 5.56 Å². The van der Waals surface area contributed by atoms with E-state index in [-0.39, 0.29) is 12.2 Å². The number of hydrogen-bond donors (Lipinski definition) is 2. The Labute approximate surface area is 157 Å². The number of aromatic carboxylic acids is 1. The number of rotatable bonds is 6. The highest BCUT2D eigenvalue weighted by atomic mass is 16.5. The van der Waals surface area contributed by atoms with E-state index in [1.807, 2.05) is 54.6 Å². The smallest absolute Gasteiger partial charge is 0.407 e. The van der Waals surface area contributed by atoms with Crippen molar-refractivity contribution >= 4 is 12.1 Å². The maximum absolute atomic E-state index is 11.8. The number of carbonyl (C=O) groups is 2. The quantitative estimate of drug-likeness (QED) is 0.679. The molecule has 0 atom stereocenters. The van der Waals surface area contributed by atoms with E-state index in [1.165, 1.54) is 0 Å². The van der Waals surface area contributed by atoms with Crippen LogP contribution in [0.5, 0.6) is 0 Å². The van der Waals surface area contributed by atoms with E-state index < -0.39 is 12.1 Å². The molecule has 0 saturated heterocycles. The van der Waals surface area contributed by atoms with Crippen molar-refractivity contribution < 1.29 is 19.4 Å². The van der Waals surface area contributed by atoms with Gasteiger partial charge in [0.2, 0.25) is 0 Å². The molecule has 0 aromatic heterocycles. The van der Waals surface area contributed by atoms with Crippen molar-refractivity contribution in [3.63, 3.8) is 0 Å². The first kappa shape index (κ1) is 18.2. The van der Waals surface area contributed by atoms with Crippen LogP contribution in [0.2, 0.25) is 0 Å². The number of ether oxygens (including phenoxy) is 1. The summed E-state index contributed by atoms with van der Waals surface area (Å²) in [6, 6.07) is 23.7. The molecule has 3 aromatic carbocycles. The zero-order chi connectivity index (χ0) is 19.1. The molecule has 0 bridgehead atoms. The topological polar surface area (TPSA) is 75.6 Å². The molecule has 0 heterocycles. The normalized spacial score (nSPS) is 10.2. The summed E-state index contributed by atoms with van der Waals surface area (Å²) in [4.78, 5) is 23.1. The molecule has 0 unspecified atom stereocenters. The Hall–Kier alpha value is -3.60. The first-order valence-electron chi connectivity index (χ1n) is 8.49. The molecule has 0 aliphatic rings. The van der Waals surface area contributed by atoms with E-state index in [2.05, 4.69) is 5.32 Å². The molecular formula is C22H19NO4. The van der Waals surface area contributed by atoms with Crippen LogP contribution in [0.1, 0.15) is 21.5 Å². The van der Waals surface area contributed by atoms with Gasteiger partial charge in [-0.25, -0.2) is 9.59 Å². The van der Waals surface area contributed by atoms with Crippen LogP contribution >= 0.6 is 0 Å². The van der Waals surface area contributed by atoms with Gasteiger partial charge in [0, 0.05) is 6.54 Å². The minimum absolute atomic E-state index is 0.220. The predicted molar refractivity (Wildman–Crippen MR) is 102 cm³/mol. The van der Waals surface area contributed by atoms with Crippen LogP contribution in [-0.4, -0.2) is 17.2 Å².